The lowest BCUT2D eigenvalue weighted by atomic mass is 9.89. The standard InChI is InChI=1S/C10H14O3/c1-10(2,3)4-7-5-13-6-8(11)9(7)12/h5-6,11H,4H2,1-3H3. The van der Waals surface area contributed by atoms with E-state index in [1.807, 2.05) is 20.8 Å². The van der Waals surface area contributed by atoms with Gasteiger partial charge in [-0.05, 0) is 11.8 Å². The van der Waals surface area contributed by atoms with Crippen molar-refractivity contribution in [1.29, 1.82) is 0 Å². The average Bonchev–Trinajstić information content (AvgIpc) is 1.96. The van der Waals surface area contributed by atoms with Gasteiger partial charge in [0.1, 0.15) is 6.26 Å². The smallest absolute Gasteiger partial charge is 0.229 e. The monoisotopic (exact) mass is 182 g/mol. The van der Waals surface area contributed by atoms with Gasteiger partial charge in [-0.2, -0.15) is 0 Å². The maximum Gasteiger partial charge on any atom is 0.229 e. The van der Waals surface area contributed by atoms with Crippen LogP contribution >= 0.6 is 0 Å². The highest BCUT2D eigenvalue weighted by molar-refractivity contribution is 5.21. The lowest BCUT2D eigenvalue weighted by Gasteiger charge is -2.16. The van der Waals surface area contributed by atoms with Gasteiger partial charge in [-0.15, -0.1) is 0 Å². The Hall–Kier alpha value is -1.25. The summed E-state index contributed by atoms with van der Waals surface area (Å²) >= 11 is 0. The van der Waals surface area contributed by atoms with Crippen molar-refractivity contribution in [1.82, 2.24) is 0 Å². The summed E-state index contributed by atoms with van der Waals surface area (Å²) in [5, 5.41) is 9.09. The number of hydrogen-bond donors (Lipinski definition) is 1. The fraction of sp³-hybridized carbons (Fsp3) is 0.500. The zero-order valence-corrected chi connectivity index (χ0v) is 8.13. The first-order valence-electron chi connectivity index (χ1n) is 4.18. The third kappa shape index (κ3) is 2.61. The molecule has 1 aromatic heterocycles. The molecule has 1 aromatic rings. The van der Waals surface area contributed by atoms with Crippen molar-refractivity contribution in [2.75, 3.05) is 0 Å². The topological polar surface area (TPSA) is 50.4 Å². The molecule has 3 nitrogen and oxygen atoms in total. The Labute approximate surface area is 77.0 Å². The van der Waals surface area contributed by atoms with Crippen LogP contribution in [-0.4, -0.2) is 5.11 Å². The lowest BCUT2D eigenvalue weighted by Crippen LogP contribution is -2.16. The Morgan fingerprint density at radius 1 is 1.38 bits per heavy atom. The number of rotatable bonds is 1. The minimum atomic E-state index is -0.332. The maximum absolute atomic E-state index is 11.3. The van der Waals surface area contributed by atoms with Crippen molar-refractivity contribution in [2.45, 2.75) is 27.2 Å². The zero-order chi connectivity index (χ0) is 10.1. The van der Waals surface area contributed by atoms with Crippen molar-refractivity contribution in [2.24, 2.45) is 5.41 Å². The molecular weight excluding hydrogens is 168 g/mol. The van der Waals surface area contributed by atoms with E-state index >= 15 is 0 Å². The molecule has 0 saturated carbocycles. The van der Waals surface area contributed by atoms with E-state index in [9.17, 15) is 4.79 Å². The second-order valence-corrected chi connectivity index (χ2v) is 4.35. The molecule has 0 fully saturated rings. The van der Waals surface area contributed by atoms with Crippen LogP contribution in [-0.2, 0) is 6.42 Å². The van der Waals surface area contributed by atoms with E-state index in [-0.39, 0.29) is 16.6 Å². The highest BCUT2D eigenvalue weighted by atomic mass is 16.3. The van der Waals surface area contributed by atoms with Crippen molar-refractivity contribution in [3.8, 4) is 5.75 Å². The van der Waals surface area contributed by atoms with E-state index in [1.165, 1.54) is 6.26 Å². The van der Waals surface area contributed by atoms with Crippen molar-refractivity contribution in [3.05, 3.63) is 28.3 Å². The van der Waals surface area contributed by atoms with Gasteiger partial charge in [0.2, 0.25) is 5.43 Å². The van der Waals surface area contributed by atoms with Gasteiger partial charge in [0, 0.05) is 5.56 Å². The Morgan fingerprint density at radius 3 is 2.54 bits per heavy atom. The third-order valence-electron chi connectivity index (χ3n) is 1.64. The van der Waals surface area contributed by atoms with E-state index < -0.39 is 0 Å². The first-order valence-corrected chi connectivity index (χ1v) is 4.18. The number of hydrogen-bond acceptors (Lipinski definition) is 3. The summed E-state index contributed by atoms with van der Waals surface area (Å²) < 4.78 is 4.82. The van der Waals surface area contributed by atoms with Gasteiger partial charge in [-0.25, -0.2) is 0 Å². The second-order valence-electron chi connectivity index (χ2n) is 4.35. The molecular formula is C10H14O3. The minimum absolute atomic E-state index is 0.0163. The molecule has 1 N–H and O–H groups in total. The van der Waals surface area contributed by atoms with Gasteiger partial charge in [-0.3, -0.25) is 4.79 Å². The van der Waals surface area contributed by atoms with Crippen LogP contribution in [0.1, 0.15) is 26.3 Å². The molecule has 0 bridgehead atoms. The van der Waals surface area contributed by atoms with Crippen LogP contribution in [0.25, 0.3) is 0 Å². The van der Waals surface area contributed by atoms with Gasteiger partial charge in [0.15, 0.2) is 5.75 Å². The predicted octanol–water partition coefficient (Wildman–Crippen LogP) is 1.93. The van der Waals surface area contributed by atoms with Gasteiger partial charge < -0.3 is 9.52 Å². The van der Waals surface area contributed by atoms with E-state index in [0.29, 0.717) is 12.0 Å². The van der Waals surface area contributed by atoms with Gasteiger partial charge in [0.25, 0.3) is 0 Å². The van der Waals surface area contributed by atoms with Crippen LogP contribution in [0.15, 0.2) is 21.7 Å². The van der Waals surface area contributed by atoms with Crippen molar-refractivity contribution in [3.63, 3.8) is 0 Å². The molecule has 13 heavy (non-hydrogen) atoms. The molecule has 0 unspecified atom stereocenters. The molecule has 0 aliphatic heterocycles. The molecule has 0 aliphatic rings. The van der Waals surface area contributed by atoms with Crippen LogP contribution in [0.2, 0.25) is 0 Å². The summed E-state index contributed by atoms with van der Waals surface area (Å²) in [4.78, 5) is 11.3. The summed E-state index contributed by atoms with van der Waals surface area (Å²) in [6.45, 7) is 6.07. The van der Waals surface area contributed by atoms with E-state index in [4.69, 9.17) is 9.52 Å². The summed E-state index contributed by atoms with van der Waals surface area (Å²) in [6.07, 6.45) is 3.05. The Bertz CT molecular complexity index is 344. The first kappa shape index (κ1) is 9.84. The maximum atomic E-state index is 11.3. The molecule has 1 heterocycles. The highest BCUT2D eigenvalue weighted by Crippen LogP contribution is 2.19. The molecule has 1 rings (SSSR count). The largest absolute Gasteiger partial charge is 0.502 e. The van der Waals surface area contributed by atoms with Gasteiger partial charge in [0.05, 0.1) is 6.26 Å². The van der Waals surface area contributed by atoms with Gasteiger partial charge >= 0.3 is 0 Å². The quantitative estimate of drug-likeness (QED) is 0.722. The van der Waals surface area contributed by atoms with E-state index in [0.717, 1.165) is 6.26 Å². The highest BCUT2D eigenvalue weighted by Gasteiger charge is 2.15. The van der Waals surface area contributed by atoms with Crippen LogP contribution in [0.5, 0.6) is 5.75 Å². The van der Waals surface area contributed by atoms with Crippen LogP contribution in [0, 0.1) is 5.41 Å². The van der Waals surface area contributed by atoms with Crippen LogP contribution < -0.4 is 5.43 Å². The second kappa shape index (κ2) is 3.24. The summed E-state index contributed by atoms with van der Waals surface area (Å²) in [5.74, 6) is -0.318. The third-order valence-corrected chi connectivity index (χ3v) is 1.64. The normalized spacial score (nSPS) is 11.6. The van der Waals surface area contributed by atoms with E-state index in [1.54, 1.807) is 0 Å². The first-order chi connectivity index (χ1) is 5.90. The van der Waals surface area contributed by atoms with Crippen LogP contribution in [0.4, 0.5) is 0 Å². The summed E-state index contributed by atoms with van der Waals surface area (Å²) in [6, 6.07) is 0. The predicted molar refractivity (Wildman–Crippen MR) is 49.8 cm³/mol. The molecule has 3 heteroatoms. The van der Waals surface area contributed by atoms with Crippen molar-refractivity contribution >= 4 is 0 Å². The molecule has 0 radical (unpaired) electrons. The molecule has 0 atom stereocenters. The average molecular weight is 182 g/mol. The van der Waals surface area contributed by atoms with Gasteiger partial charge in [-0.1, -0.05) is 20.8 Å². The molecule has 0 spiro atoms. The molecule has 0 aliphatic carbocycles. The SMILES string of the molecule is CC(C)(C)Cc1cocc(O)c1=O. The Morgan fingerprint density at radius 2 is 2.00 bits per heavy atom. The Kier molecular flexibility index (Phi) is 2.45. The molecule has 0 saturated heterocycles. The molecule has 72 valence electrons. The number of aromatic hydroxyl groups is 1. The van der Waals surface area contributed by atoms with Crippen molar-refractivity contribution < 1.29 is 9.52 Å². The fourth-order valence-corrected chi connectivity index (χ4v) is 1.15. The Balaban J connectivity index is 3.03. The summed E-state index contributed by atoms with van der Waals surface area (Å²) in [7, 11) is 0. The summed E-state index contributed by atoms with van der Waals surface area (Å²) in [5.41, 5.74) is 0.205. The lowest BCUT2D eigenvalue weighted by molar-refractivity contribution is 0.389. The minimum Gasteiger partial charge on any atom is -0.502 e. The van der Waals surface area contributed by atoms with Crippen LogP contribution in [0.3, 0.4) is 0 Å². The van der Waals surface area contributed by atoms with E-state index in [2.05, 4.69) is 0 Å². The molecule has 0 aromatic carbocycles. The molecule has 0 amide bonds. The fourth-order valence-electron chi connectivity index (χ4n) is 1.15. The zero-order valence-electron chi connectivity index (χ0n) is 8.13.